The highest BCUT2D eigenvalue weighted by Crippen LogP contribution is 2.53. The SMILES string of the molecule is CC1(C)S[C@@H]2[C@H](I)C(=O)N2[C@H]1C(=O)OCOC(=O)[C@@H]1N2C(=O)[C@@H](N=CN3CCCCCC3)[C@H]2SC1(C)C. The summed E-state index contributed by atoms with van der Waals surface area (Å²) in [6.07, 6.45) is 6.51. The summed E-state index contributed by atoms with van der Waals surface area (Å²) in [5.74, 6) is -1.47. The molecule has 0 aromatic carbocycles. The average molecular weight is 665 g/mol. The van der Waals surface area contributed by atoms with Gasteiger partial charge in [-0.2, -0.15) is 0 Å². The summed E-state index contributed by atoms with van der Waals surface area (Å²) < 4.78 is 9.41. The Balaban J connectivity index is 1.16. The van der Waals surface area contributed by atoms with E-state index in [0.717, 1.165) is 25.9 Å². The highest BCUT2D eigenvalue weighted by molar-refractivity contribution is 14.1. The maximum Gasteiger partial charge on any atom is 0.333 e. The van der Waals surface area contributed by atoms with Gasteiger partial charge in [-0.25, -0.2) is 9.59 Å². The zero-order valence-corrected chi connectivity index (χ0v) is 25.2. The Morgan fingerprint density at radius 1 is 0.919 bits per heavy atom. The second kappa shape index (κ2) is 10.1. The molecular weight excluding hydrogens is 631 g/mol. The van der Waals surface area contributed by atoms with E-state index in [0.29, 0.717) is 0 Å². The summed E-state index contributed by atoms with van der Waals surface area (Å²) in [4.78, 5) is 61.1. The molecule has 0 saturated carbocycles. The van der Waals surface area contributed by atoms with Crippen molar-refractivity contribution in [3.8, 4) is 0 Å². The molecule has 5 aliphatic rings. The van der Waals surface area contributed by atoms with Crippen molar-refractivity contribution < 1.29 is 28.7 Å². The van der Waals surface area contributed by atoms with Crippen LogP contribution in [0.3, 0.4) is 0 Å². The fourth-order valence-corrected chi connectivity index (χ4v) is 10.00. The van der Waals surface area contributed by atoms with Crippen molar-refractivity contribution in [1.82, 2.24) is 14.7 Å². The van der Waals surface area contributed by atoms with Gasteiger partial charge in [-0.3, -0.25) is 14.6 Å². The van der Waals surface area contributed by atoms with Crippen LogP contribution in [0, 0.1) is 0 Å². The maximum atomic E-state index is 13.1. The Hall–Kier alpha value is -1.22. The Kier molecular flexibility index (Phi) is 7.44. The first-order valence-electron chi connectivity index (χ1n) is 12.7. The van der Waals surface area contributed by atoms with Crippen LogP contribution in [-0.2, 0) is 28.7 Å². The van der Waals surface area contributed by atoms with Crippen molar-refractivity contribution in [2.45, 2.75) is 95.7 Å². The number of carbonyl (C=O) groups is 4. The summed E-state index contributed by atoms with van der Waals surface area (Å²) in [5, 5.41) is -0.276. The molecule has 0 bridgehead atoms. The highest BCUT2D eigenvalue weighted by atomic mass is 127. The first kappa shape index (κ1) is 27.4. The number of alkyl halides is 1. The smallest absolute Gasteiger partial charge is 0.333 e. The zero-order chi connectivity index (χ0) is 26.7. The monoisotopic (exact) mass is 664 g/mol. The van der Waals surface area contributed by atoms with Crippen LogP contribution in [0.4, 0.5) is 0 Å². The van der Waals surface area contributed by atoms with E-state index in [4.69, 9.17) is 9.47 Å². The first-order valence-corrected chi connectivity index (χ1v) is 15.7. The Bertz CT molecular complexity index is 1020. The molecule has 10 nitrogen and oxygen atoms in total. The van der Waals surface area contributed by atoms with Crippen molar-refractivity contribution >= 4 is 76.2 Å². The second-order valence-electron chi connectivity index (χ2n) is 11.1. The number of thioether (sulfide) groups is 2. The predicted octanol–water partition coefficient (Wildman–Crippen LogP) is 2.23. The number of ether oxygens (including phenoxy) is 2. The van der Waals surface area contributed by atoms with Crippen molar-refractivity contribution in [3.63, 3.8) is 0 Å². The zero-order valence-electron chi connectivity index (χ0n) is 21.4. The van der Waals surface area contributed by atoms with Gasteiger partial charge in [0.15, 0.2) is 6.04 Å². The van der Waals surface area contributed by atoms with Crippen LogP contribution in [0.25, 0.3) is 0 Å². The van der Waals surface area contributed by atoms with Crippen molar-refractivity contribution in [3.05, 3.63) is 0 Å². The Labute approximate surface area is 239 Å². The van der Waals surface area contributed by atoms with E-state index >= 15 is 0 Å². The van der Waals surface area contributed by atoms with Crippen LogP contribution < -0.4 is 0 Å². The highest BCUT2D eigenvalue weighted by Gasteiger charge is 2.65. The van der Waals surface area contributed by atoms with E-state index in [2.05, 4.69) is 32.5 Å². The van der Waals surface area contributed by atoms with Crippen molar-refractivity contribution in [1.29, 1.82) is 0 Å². The number of fused-ring (bicyclic) bond motifs is 2. The van der Waals surface area contributed by atoms with Gasteiger partial charge in [0.2, 0.25) is 12.7 Å². The minimum Gasteiger partial charge on any atom is -0.426 e. The molecule has 5 fully saturated rings. The molecule has 0 N–H and O–H groups in total. The fourth-order valence-electron chi connectivity index (χ4n) is 5.74. The maximum absolute atomic E-state index is 13.1. The minimum atomic E-state index is -0.794. The van der Waals surface area contributed by atoms with E-state index < -0.39 is 46.4 Å². The average Bonchev–Trinajstić information content (AvgIpc) is 3.07. The number of hydrogen-bond donors (Lipinski definition) is 0. The number of carbonyl (C=O) groups excluding carboxylic acids is 4. The summed E-state index contributed by atoms with van der Waals surface area (Å²) in [7, 11) is 0. The van der Waals surface area contributed by atoms with Crippen LogP contribution in [0.1, 0.15) is 53.4 Å². The standard InChI is InChI=1S/C24H33IN4O6S2/c1-23(2)15(28-17(30)13(25)19(28)36-23)21(32)34-12-35-22(33)16-24(3,4)37-20-14(18(31)29(16)20)26-11-27-9-7-5-6-8-10-27/h11,13-16,19-20H,5-10,12H2,1-4H3/t13-,14-,15+,16+,19-,20-/m1/s1. The van der Waals surface area contributed by atoms with Gasteiger partial charge >= 0.3 is 11.9 Å². The van der Waals surface area contributed by atoms with E-state index in [1.807, 2.05) is 27.7 Å². The van der Waals surface area contributed by atoms with E-state index in [-0.39, 0.29) is 26.5 Å². The first-order chi connectivity index (χ1) is 17.4. The molecule has 6 atom stereocenters. The van der Waals surface area contributed by atoms with Gasteiger partial charge in [0.25, 0.3) is 5.91 Å². The lowest BCUT2D eigenvalue weighted by molar-refractivity contribution is -0.180. The molecule has 5 rings (SSSR count). The molecule has 0 unspecified atom stereocenters. The number of hydrogen-bond acceptors (Lipinski definition) is 9. The molecule has 0 radical (unpaired) electrons. The largest absolute Gasteiger partial charge is 0.426 e. The van der Waals surface area contributed by atoms with Gasteiger partial charge < -0.3 is 24.2 Å². The van der Waals surface area contributed by atoms with Crippen LogP contribution in [-0.4, -0.2) is 107 Å². The van der Waals surface area contributed by atoms with Gasteiger partial charge in [-0.15, -0.1) is 23.5 Å². The number of likely N-dealkylation sites (tertiary alicyclic amines) is 1. The van der Waals surface area contributed by atoms with Gasteiger partial charge in [0.05, 0.1) is 6.34 Å². The predicted molar refractivity (Wildman–Crippen MR) is 149 cm³/mol. The minimum absolute atomic E-state index is 0.0520. The molecule has 0 aliphatic carbocycles. The molecule has 37 heavy (non-hydrogen) atoms. The molecule has 0 spiro atoms. The van der Waals surface area contributed by atoms with E-state index in [1.54, 1.807) is 39.7 Å². The van der Waals surface area contributed by atoms with Crippen LogP contribution in [0.2, 0.25) is 0 Å². The molecule has 5 aliphatic heterocycles. The number of halogens is 1. The second-order valence-corrected chi connectivity index (χ2v) is 16.0. The topological polar surface area (TPSA) is 109 Å². The summed E-state index contributed by atoms with van der Waals surface area (Å²) >= 11 is 5.22. The molecule has 0 aromatic heterocycles. The molecule has 2 amide bonds. The Morgan fingerprint density at radius 2 is 1.43 bits per heavy atom. The van der Waals surface area contributed by atoms with Crippen LogP contribution in [0.5, 0.6) is 0 Å². The number of amides is 2. The van der Waals surface area contributed by atoms with E-state index in [1.165, 1.54) is 12.8 Å². The lowest BCUT2D eigenvalue weighted by Gasteiger charge is -2.42. The Morgan fingerprint density at radius 3 is 2.00 bits per heavy atom. The van der Waals surface area contributed by atoms with Crippen LogP contribution >= 0.6 is 46.1 Å². The summed E-state index contributed by atoms with van der Waals surface area (Å²) in [6, 6.07) is -2.03. The molecular formula is C24H33IN4O6S2. The van der Waals surface area contributed by atoms with E-state index in [9.17, 15) is 19.2 Å². The van der Waals surface area contributed by atoms with Gasteiger partial charge in [0, 0.05) is 22.6 Å². The van der Waals surface area contributed by atoms with Crippen molar-refractivity contribution in [2.24, 2.45) is 4.99 Å². The quantitative estimate of drug-likeness (QED) is 0.0804. The number of rotatable bonds is 6. The third-order valence-corrected chi connectivity index (χ3v) is 12.5. The lowest BCUT2D eigenvalue weighted by Crippen LogP contribution is -2.65. The third-order valence-electron chi connectivity index (χ3n) is 7.67. The molecule has 5 heterocycles. The number of esters is 2. The van der Waals surface area contributed by atoms with Gasteiger partial charge in [0.1, 0.15) is 26.8 Å². The summed E-state index contributed by atoms with van der Waals surface area (Å²) in [5.41, 5.74) is 0. The number of β-lactam (4-membered cyclic amide) rings is 2. The van der Waals surface area contributed by atoms with Crippen LogP contribution in [0.15, 0.2) is 4.99 Å². The lowest BCUT2D eigenvalue weighted by atomic mass is 9.96. The van der Waals surface area contributed by atoms with Gasteiger partial charge in [-0.1, -0.05) is 35.4 Å². The number of nitrogens with zero attached hydrogens (tertiary/aromatic N) is 4. The third kappa shape index (κ3) is 4.74. The normalized spacial score (nSPS) is 36.0. The number of aliphatic imine (C=N–C) groups is 1. The molecule has 204 valence electrons. The molecule has 13 heteroatoms. The molecule has 5 saturated heterocycles. The van der Waals surface area contributed by atoms with Gasteiger partial charge in [-0.05, 0) is 40.5 Å². The molecule has 0 aromatic rings. The fraction of sp³-hybridized carbons (Fsp3) is 0.792. The van der Waals surface area contributed by atoms with Crippen molar-refractivity contribution in [2.75, 3.05) is 19.9 Å². The summed E-state index contributed by atoms with van der Waals surface area (Å²) in [6.45, 7) is 8.97.